The summed E-state index contributed by atoms with van der Waals surface area (Å²) in [6, 6.07) is 7.55. The zero-order valence-electron chi connectivity index (χ0n) is 12.3. The molecular weight excluding hydrogens is 348 g/mol. The highest BCUT2D eigenvalue weighted by Crippen LogP contribution is 2.13. The summed E-state index contributed by atoms with van der Waals surface area (Å²) in [5.74, 6) is 0.209. The molecule has 0 saturated heterocycles. The van der Waals surface area contributed by atoms with Crippen molar-refractivity contribution in [3.8, 4) is 0 Å². The Morgan fingerprint density at radius 3 is 2.67 bits per heavy atom. The van der Waals surface area contributed by atoms with Crippen LogP contribution in [0.1, 0.15) is 33.9 Å². The minimum absolute atomic E-state index is 0.209. The zero-order chi connectivity index (χ0) is 15.2. The number of rotatable bonds is 7. The number of carbonyl (C=O) groups excluding carboxylic acids is 1. The number of hydrogen-bond acceptors (Lipinski definition) is 4. The summed E-state index contributed by atoms with van der Waals surface area (Å²) in [6.45, 7) is 3.76. The molecule has 0 aliphatic heterocycles. The number of benzene rings is 1. The Kier molecular flexibility index (Phi) is 6.08. The fraction of sp³-hybridized carbons (Fsp3) is 0.375. The first-order valence-corrected chi connectivity index (χ1v) is 8.60. The van der Waals surface area contributed by atoms with E-state index in [-0.39, 0.29) is 5.78 Å². The second kappa shape index (κ2) is 7.82. The van der Waals surface area contributed by atoms with E-state index in [1.165, 1.54) is 0 Å². The molecule has 0 aliphatic rings. The molecule has 0 atom stereocenters. The van der Waals surface area contributed by atoms with E-state index in [0.29, 0.717) is 6.42 Å². The first kappa shape index (κ1) is 16.3. The Bertz CT molecular complexity index is 595. The van der Waals surface area contributed by atoms with Crippen LogP contribution in [-0.4, -0.2) is 29.3 Å². The Balaban J connectivity index is 1.73. The van der Waals surface area contributed by atoms with Gasteiger partial charge in [-0.15, -0.1) is 11.3 Å². The molecule has 1 aromatic heterocycles. The number of nitrogens with zero attached hydrogens (tertiary/aromatic N) is 2. The van der Waals surface area contributed by atoms with Gasteiger partial charge in [-0.3, -0.25) is 4.79 Å². The van der Waals surface area contributed by atoms with Gasteiger partial charge in [0.1, 0.15) is 0 Å². The largest absolute Gasteiger partial charge is 0.301 e. The van der Waals surface area contributed by atoms with Gasteiger partial charge in [0.15, 0.2) is 5.78 Å². The normalized spacial score (nSPS) is 11.0. The first-order valence-electron chi connectivity index (χ1n) is 6.93. The van der Waals surface area contributed by atoms with Gasteiger partial charge in [-0.1, -0.05) is 28.1 Å². The van der Waals surface area contributed by atoms with Crippen LogP contribution in [0.15, 0.2) is 34.1 Å². The van der Waals surface area contributed by atoms with Crippen LogP contribution in [0.5, 0.6) is 0 Å². The van der Waals surface area contributed by atoms with Gasteiger partial charge in [-0.2, -0.15) is 0 Å². The average molecular weight is 367 g/mol. The maximum absolute atomic E-state index is 12.1. The number of halogens is 1. The number of hydrogen-bond donors (Lipinski definition) is 0. The van der Waals surface area contributed by atoms with E-state index in [9.17, 15) is 4.79 Å². The predicted molar refractivity (Wildman–Crippen MR) is 90.9 cm³/mol. The molecule has 21 heavy (non-hydrogen) atoms. The second-order valence-electron chi connectivity index (χ2n) is 5.13. The molecule has 0 bridgehead atoms. The van der Waals surface area contributed by atoms with Crippen LogP contribution in [0.3, 0.4) is 0 Å². The number of ketones is 1. The van der Waals surface area contributed by atoms with Crippen molar-refractivity contribution in [1.29, 1.82) is 0 Å². The minimum Gasteiger partial charge on any atom is -0.301 e. The van der Waals surface area contributed by atoms with Crippen molar-refractivity contribution < 1.29 is 4.79 Å². The van der Waals surface area contributed by atoms with Crippen molar-refractivity contribution in [1.82, 2.24) is 9.88 Å². The summed E-state index contributed by atoms with van der Waals surface area (Å²) in [4.78, 5) is 18.7. The average Bonchev–Trinajstić information content (AvgIpc) is 2.84. The van der Waals surface area contributed by atoms with Gasteiger partial charge in [0, 0.05) is 28.4 Å². The van der Waals surface area contributed by atoms with Crippen molar-refractivity contribution in [2.24, 2.45) is 0 Å². The van der Waals surface area contributed by atoms with Crippen LogP contribution in [0.4, 0.5) is 0 Å². The third kappa shape index (κ3) is 5.34. The summed E-state index contributed by atoms with van der Waals surface area (Å²) < 4.78 is 0.998. The van der Waals surface area contributed by atoms with Crippen LogP contribution in [0, 0.1) is 6.92 Å². The maximum Gasteiger partial charge on any atom is 0.162 e. The summed E-state index contributed by atoms with van der Waals surface area (Å²) in [5.41, 5.74) is 1.90. The van der Waals surface area contributed by atoms with Crippen LogP contribution in [0.25, 0.3) is 0 Å². The molecule has 1 aromatic carbocycles. The van der Waals surface area contributed by atoms with Crippen LogP contribution in [0.2, 0.25) is 0 Å². The van der Waals surface area contributed by atoms with Crippen LogP contribution < -0.4 is 0 Å². The molecule has 0 radical (unpaired) electrons. The number of aryl methyl sites for hydroxylation is 1. The van der Waals surface area contributed by atoms with E-state index in [1.54, 1.807) is 11.3 Å². The maximum atomic E-state index is 12.1. The van der Waals surface area contributed by atoms with Gasteiger partial charge in [-0.25, -0.2) is 4.98 Å². The van der Waals surface area contributed by atoms with Crippen molar-refractivity contribution in [2.75, 3.05) is 13.6 Å². The molecule has 2 aromatic rings. The lowest BCUT2D eigenvalue weighted by Crippen LogP contribution is -2.20. The summed E-state index contributed by atoms with van der Waals surface area (Å²) in [5, 5.41) is 3.20. The predicted octanol–water partition coefficient (Wildman–Crippen LogP) is 4.31. The first-order chi connectivity index (χ1) is 10.0. The molecule has 0 spiro atoms. The smallest absolute Gasteiger partial charge is 0.162 e. The zero-order valence-corrected chi connectivity index (χ0v) is 14.7. The SMILES string of the molecule is Cc1nc(CN(C)CCCC(=O)c2ccc(Br)cc2)cs1. The Morgan fingerprint density at radius 1 is 1.33 bits per heavy atom. The lowest BCUT2D eigenvalue weighted by molar-refractivity contribution is 0.0976. The molecule has 3 nitrogen and oxygen atoms in total. The standard InChI is InChI=1S/C16H19BrN2OS/c1-12-18-15(11-21-12)10-19(2)9-3-4-16(20)13-5-7-14(17)8-6-13/h5-8,11H,3-4,9-10H2,1-2H3. The highest BCUT2D eigenvalue weighted by molar-refractivity contribution is 9.10. The van der Waals surface area contributed by atoms with E-state index < -0.39 is 0 Å². The molecule has 0 saturated carbocycles. The summed E-state index contributed by atoms with van der Waals surface area (Å²) >= 11 is 5.05. The lowest BCUT2D eigenvalue weighted by Gasteiger charge is -2.14. The summed E-state index contributed by atoms with van der Waals surface area (Å²) in [7, 11) is 2.07. The van der Waals surface area contributed by atoms with Crippen molar-refractivity contribution >= 4 is 33.0 Å². The molecule has 1 heterocycles. The fourth-order valence-electron chi connectivity index (χ4n) is 2.13. The quantitative estimate of drug-likeness (QED) is 0.684. The fourth-order valence-corrected chi connectivity index (χ4v) is 2.99. The third-order valence-electron chi connectivity index (χ3n) is 3.21. The number of carbonyl (C=O) groups is 1. The van der Waals surface area contributed by atoms with Gasteiger partial charge < -0.3 is 4.90 Å². The third-order valence-corrected chi connectivity index (χ3v) is 4.56. The van der Waals surface area contributed by atoms with Gasteiger partial charge >= 0.3 is 0 Å². The molecule has 0 amide bonds. The van der Waals surface area contributed by atoms with Gasteiger partial charge in [0.2, 0.25) is 0 Å². The minimum atomic E-state index is 0.209. The Hall–Kier alpha value is -1.04. The molecule has 0 N–H and O–H groups in total. The van der Waals surface area contributed by atoms with E-state index in [1.807, 2.05) is 31.2 Å². The molecule has 112 valence electrons. The van der Waals surface area contributed by atoms with Crippen molar-refractivity contribution in [3.05, 3.63) is 50.4 Å². The van der Waals surface area contributed by atoms with E-state index >= 15 is 0 Å². The monoisotopic (exact) mass is 366 g/mol. The molecule has 0 fully saturated rings. The van der Waals surface area contributed by atoms with Gasteiger partial charge in [0.25, 0.3) is 0 Å². The number of aromatic nitrogens is 1. The van der Waals surface area contributed by atoms with Gasteiger partial charge in [-0.05, 0) is 39.1 Å². The second-order valence-corrected chi connectivity index (χ2v) is 7.11. The molecule has 0 unspecified atom stereocenters. The molecule has 2 rings (SSSR count). The van der Waals surface area contributed by atoms with Crippen molar-refractivity contribution in [2.45, 2.75) is 26.3 Å². The molecule has 0 aliphatic carbocycles. The van der Waals surface area contributed by atoms with Crippen LogP contribution >= 0.6 is 27.3 Å². The van der Waals surface area contributed by atoms with E-state index in [0.717, 1.165) is 40.2 Å². The van der Waals surface area contributed by atoms with E-state index in [4.69, 9.17) is 0 Å². The Labute approximate surface area is 138 Å². The number of thiazole rings is 1. The topological polar surface area (TPSA) is 33.2 Å². The van der Waals surface area contributed by atoms with E-state index in [2.05, 4.69) is 38.2 Å². The highest BCUT2D eigenvalue weighted by atomic mass is 79.9. The van der Waals surface area contributed by atoms with Gasteiger partial charge in [0.05, 0.1) is 10.7 Å². The molecular formula is C16H19BrN2OS. The summed E-state index contributed by atoms with van der Waals surface area (Å²) in [6.07, 6.45) is 1.45. The van der Waals surface area contributed by atoms with Crippen molar-refractivity contribution in [3.63, 3.8) is 0 Å². The highest BCUT2D eigenvalue weighted by Gasteiger charge is 2.07. The number of Topliss-reactive ketones (excluding diaryl/α,β-unsaturated/α-hetero) is 1. The Morgan fingerprint density at radius 2 is 2.05 bits per heavy atom. The van der Waals surface area contributed by atoms with Crippen LogP contribution in [-0.2, 0) is 6.54 Å². The molecule has 5 heteroatoms. The lowest BCUT2D eigenvalue weighted by atomic mass is 10.1.